The zero-order valence-corrected chi connectivity index (χ0v) is 23.2. The number of hydrogen-bond acceptors (Lipinski definition) is 3. The van der Waals surface area contributed by atoms with Gasteiger partial charge >= 0.3 is 0 Å². The largest absolute Gasteiger partial charge is 0.744 e. The monoisotopic (exact) mass is 564 g/mol. The zero-order valence-electron chi connectivity index (χ0n) is 19.3. The van der Waals surface area contributed by atoms with Gasteiger partial charge in [-0.05, 0) is 57.2 Å². The van der Waals surface area contributed by atoms with E-state index in [1.54, 1.807) is 0 Å². The summed E-state index contributed by atoms with van der Waals surface area (Å²) in [4.78, 5) is 3.65. The van der Waals surface area contributed by atoms with Crippen LogP contribution in [0.25, 0.3) is 0 Å². The van der Waals surface area contributed by atoms with Crippen molar-refractivity contribution in [2.75, 3.05) is 0 Å². The van der Waals surface area contributed by atoms with Crippen LogP contribution in [0.3, 0.4) is 0 Å². The fourth-order valence-corrected chi connectivity index (χ4v) is 7.49. The van der Waals surface area contributed by atoms with Gasteiger partial charge in [0.2, 0.25) is 0 Å². The summed E-state index contributed by atoms with van der Waals surface area (Å²) in [7, 11) is -4.64. The summed E-state index contributed by atoms with van der Waals surface area (Å²) < 4.78 is 31.7. The Morgan fingerprint density at radius 2 is 1.09 bits per heavy atom. The maximum atomic E-state index is 10.6. The van der Waals surface area contributed by atoms with Crippen LogP contribution in [0.2, 0.25) is 15.1 Å². The first-order chi connectivity index (χ1) is 16.5. The summed E-state index contributed by atoms with van der Waals surface area (Å²) in [5.41, 5.74) is 4.10. The van der Waals surface area contributed by atoms with Crippen molar-refractivity contribution in [3.8, 4) is 0 Å². The van der Waals surface area contributed by atoms with Crippen molar-refractivity contribution in [3.63, 3.8) is 0 Å². The molecule has 0 amide bonds. The second kappa shape index (κ2) is 11.8. The molecule has 0 N–H and O–H groups in total. The maximum absolute atomic E-state index is 10.6. The predicted molar refractivity (Wildman–Crippen MR) is 145 cm³/mol. The highest BCUT2D eigenvalue weighted by Gasteiger charge is 2.31. The van der Waals surface area contributed by atoms with Gasteiger partial charge in [-0.25, -0.2) is 8.42 Å². The summed E-state index contributed by atoms with van der Waals surface area (Å²) >= 11 is 16.5. The van der Waals surface area contributed by atoms with Crippen LogP contribution in [0.5, 0.6) is 0 Å². The standard InChI is InChI=1S/C21H21S.C6H3Cl3O3S/c1-16-14-17(2)21(18(3)15-16)22(19-10-6-4-7-11-19)20-12-8-5-9-13-20;7-3-1-5(9)6(2-4(3)8)13(10,11)12/h4-15H,1-3H3;1-2H,(H,10,11,12)/q+1;/p-1. The molecule has 0 aliphatic carbocycles. The van der Waals surface area contributed by atoms with Gasteiger partial charge in [-0.15, -0.1) is 0 Å². The van der Waals surface area contributed by atoms with Crippen molar-refractivity contribution in [2.24, 2.45) is 0 Å². The molecule has 0 heterocycles. The Hall–Kier alpha value is -1.99. The molecular formula is C27H23Cl3O3S2. The number of hydrogen-bond donors (Lipinski definition) is 0. The van der Waals surface area contributed by atoms with Crippen molar-refractivity contribution < 1.29 is 13.0 Å². The highest BCUT2D eigenvalue weighted by Crippen LogP contribution is 2.35. The van der Waals surface area contributed by atoms with E-state index >= 15 is 0 Å². The Morgan fingerprint density at radius 3 is 1.51 bits per heavy atom. The molecule has 4 aromatic rings. The first-order valence-corrected chi connectivity index (χ1v) is 14.3. The third-order valence-corrected chi connectivity index (χ3v) is 9.57. The van der Waals surface area contributed by atoms with Crippen LogP contribution >= 0.6 is 34.8 Å². The van der Waals surface area contributed by atoms with E-state index in [0.29, 0.717) is 0 Å². The van der Waals surface area contributed by atoms with E-state index in [1.165, 1.54) is 31.4 Å². The number of rotatable bonds is 4. The van der Waals surface area contributed by atoms with Gasteiger partial charge in [-0.3, -0.25) is 0 Å². The quantitative estimate of drug-likeness (QED) is 0.142. The Bertz CT molecular complexity index is 1360. The topological polar surface area (TPSA) is 57.2 Å². The highest BCUT2D eigenvalue weighted by atomic mass is 35.5. The fraction of sp³-hybridized carbons (Fsp3) is 0.111. The molecule has 0 spiro atoms. The molecule has 0 fully saturated rings. The summed E-state index contributed by atoms with van der Waals surface area (Å²) in [5, 5.41) is -0.163. The molecule has 4 rings (SSSR count). The number of halogens is 3. The van der Waals surface area contributed by atoms with Gasteiger partial charge in [0.1, 0.15) is 10.1 Å². The molecular weight excluding hydrogens is 543 g/mol. The Morgan fingerprint density at radius 1 is 0.657 bits per heavy atom. The average molecular weight is 566 g/mol. The van der Waals surface area contributed by atoms with Gasteiger partial charge < -0.3 is 4.55 Å². The minimum atomic E-state index is -4.60. The summed E-state index contributed by atoms with van der Waals surface area (Å²) in [6.45, 7) is 6.65. The molecule has 0 radical (unpaired) electrons. The average Bonchev–Trinajstić information content (AvgIpc) is 2.79. The van der Waals surface area contributed by atoms with Crippen LogP contribution in [0, 0.1) is 20.8 Å². The Labute approximate surface area is 224 Å². The van der Waals surface area contributed by atoms with E-state index in [-0.39, 0.29) is 26.0 Å². The van der Waals surface area contributed by atoms with Crippen molar-refractivity contribution in [1.82, 2.24) is 0 Å². The lowest BCUT2D eigenvalue weighted by molar-refractivity contribution is 0.463. The minimum Gasteiger partial charge on any atom is -0.744 e. The molecule has 0 saturated heterocycles. The van der Waals surface area contributed by atoms with Crippen molar-refractivity contribution in [3.05, 3.63) is 117 Å². The van der Waals surface area contributed by atoms with E-state index in [2.05, 4.69) is 93.6 Å². The van der Waals surface area contributed by atoms with Crippen LogP contribution < -0.4 is 0 Å². The molecule has 0 aliphatic rings. The molecule has 0 unspecified atom stereocenters. The van der Waals surface area contributed by atoms with Gasteiger partial charge in [0.05, 0.1) is 30.9 Å². The first-order valence-electron chi connectivity index (χ1n) is 10.5. The minimum absolute atomic E-state index is 0.0273. The molecule has 0 bridgehead atoms. The van der Waals surface area contributed by atoms with Gasteiger partial charge in [0, 0.05) is 11.1 Å². The van der Waals surface area contributed by atoms with Crippen LogP contribution in [-0.2, 0) is 21.0 Å². The van der Waals surface area contributed by atoms with Crippen LogP contribution in [0.1, 0.15) is 16.7 Å². The maximum Gasteiger partial charge on any atom is 0.172 e. The second-order valence-corrected chi connectivity index (χ2v) is 12.3. The van der Waals surface area contributed by atoms with E-state index in [4.69, 9.17) is 34.8 Å². The van der Waals surface area contributed by atoms with Gasteiger partial charge in [-0.1, -0.05) is 88.9 Å². The lowest BCUT2D eigenvalue weighted by Crippen LogP contribution is -2.08. The summed E-state index contributed by atoms with van der Waals surface area (Å²) in [5.74, 6) is 0. The van der Waals surface area contributed by atoms with Crippen molar-refractivity contribution >= 4 is 55.8 Å². The molecule has 4 aromatic carbocycles. The van der Waals surface area contributed by atoms with Crippen LogP contribution in [0.4, 0.5) is 0 Å². The van der Waals surface area contributed by atoms with Gasteiger partial charge in [0.25, 0.3) is 0 Å². The molecule has 0 aromatic heterocycles. The van der Waals surface area contributed by atoms with Crippen LogP contribution in [-0.4, -0.2) is 13.0 Å². The molecule has 0 saturated carbocycles. The third kappa shape index (κ3) is 7.04. The lowest BCUT2D eigenvalue weighted by atomic mass is 10.1. The Kier molecular flexibility index (Phi) is 9.33. The van der Waals surface area contributed by atoms with Crippen LogP contribution in [0.15, 0.2) is 105 Å². The van der Waals surface area contributed by atoms with Gasteiger partial charge in [0.15, 0.2) is 14.7 Å². The summed E-state index contributed by atoms with van der Waals surface area (Å²) in [6.07, 6.45) is 0. The smallest absolute Gasteiger partial charge is 0.172 e. The molecule has 0 atom stereocenters. The molecule has 8 heteroatoms. The van der Waals surface area contributed by atoms with Gasteiger partial charge in [-0.2, -0.15) is 0 Å². The van der Waals surface area contributed by atoms with Crippen molar-refractivity contribution in [1.29, 1.82) is 0 Å². The first kappa shape index (κ1) is 27.6. The number of benzene rings is 4. The second-order valence-electron chi connectivity index (χ2n) is 7.81. The van der Waals surface area contributed by atoms with Crippen molar-refractivity contribution in [2.45, 2.75) is 40.4 Å². The SMILES string of the molecule is Cc1cc(C)c([S+](c2ccccc2)c2ccccc2)c(C)c1.O=S(=O)([O-])c1cc(Cl)c(Cl)cc1Cl. The van der Waals surface area contributed by atoms with E-state index in [1.807, 2.05) is 0 Å². The molecule has 0 aliphatic heterocycles. The normalized spacial score (nSPS) is 11.2. The highest BCUT2D eigenvalue weighted by molar-refractivity contribution is 7.97. The fourth-order valence-electron chi connectivity index (χ4n) is 3.67. The Balaban J connectivity index is 0.000000225. The zero-order chi connectivity index (χ0) is 25.8. The summed E-state index contributed by atoms with van der Waals surface area (Å²) in [6, 6.07) is 28.3. The molecule has 3 nitrogen and oxygen atoms in total. The lowest BCUT2D eigenvalue weighted by Gasteiger charge is -2.13. The number of aryl methyl sites for hydroxylation is 3. The molecule has 35 heavy (non-hydrogen) atoms. The molecule has 182 valence electrons. The van der Waals surface area contributed by atoms with E-state index in [9.17, 15) is 13.0 Å². The predicted octanol–water partition coefficient (Wildman–Crippen LogP) is 8.26. The van der Waals surface area contributed by atoms with E-state index < -0.39 is 15.0 Å². The van der Waals surface area contributed by atoms with E-state index in [0.717, 1.165) is 12.1 Å². The third-order valence-electron chi connectivity index (χ3n) is 5.01.